The Morgan fingerprint density at radius 3 is 2.65 bits per heavy atom. The molecule has 1 aliphatic rings. The number of unbranched alkanes of at least 4 members (excludes halogenated alkanes) is 2. The van der Waals surface area contributed by atoms with Gasteiger partial charge in [0.25, 0.3) is 0 Å². The molecule has 1 N–H and O–H groups in total. The van der Waals surface area contributed by atoms with Gasteiger partial charge >= 0.3 is 0 Å². The Morgan fingerprint density at radius 2 is 1.96 bits per heavy atom. The minimum Gasteiger partial charge on any atom is -0.337 e. The Balaban J connectivity index is 1.42. The highest BCUT2D eigenvalue weighted by atomic mass is 32.1. The lowest BCUT2D eigenvalue weighted by Crippen LogP contribution is -2.24. The number of nitrogens with zero attached hydrogens (tertiary/aromatic N) is 3. The molecule has 0 radical (unpaired) electrons. The van der Waals surface area contributed by atoms with Gasteiger partial charge in [-0.05, 0) is 36.8 Å². The molecule has 120 valence electrons. The number of hydrazone groups is 1. The highest BCUT2D eigenvalue weighted by Gasteiger charge is 2.10. The zero-order chi connectivity index (χ0) is 15.9. The van der Waals surface area contributed by atoms with E-state index in [0.29, 0.717) is 0 Å². The SMILES string of the molecule is S=C1CCC(c2ccc(CCCCCn3ccnc3)cc2)=NN1. The summed E-state index contributed by atoms with van der Waals surface area (Å²) in [6.07, 6.45) is 12.4. The molecular weight excluding hydrogens is 304 g/mol. The summed E-state index contributed by atoms with van der Waals surface area (Å²) in [5.74, 6) is 0. The second kappa shape index (κ2) is 8.02. The molecule has 0 fully saturated rings. The molecule has 0 saturated heterocycles. The number of nitrogens with one attached hydrogen (secondary N) is 1. The molecular formula is C18H22N4S. The maximum absolute atomic E-state index is 5.10. The van der Waals surface area contributed by atoms with Crippen molar-refractivity contribution in [3.63, 3.8) is 0 Å². The number of hydrogen-bond acceptors (Lipinski definition) is 3. The van der Waals surface area contributed by atoms with Gasteiger partial charge in [-0.25, -0.2) is 4.98 Å². The Bertz CT molecular complexity index is 659. The molecule has 0 atom stereocenters. The summed E-state index contributed by atoms with van der Waals surface area (Å²) in [5, 5.41) is 4.34. The van der Waals surface area contributed by atoms with Crippen molar-refractivity contribution < 1.29 is 0 Å². The van der Waals surface area contributed by atoms with Crippen LogP contribution >= 0.6 is 12.2 Å². The highest BCUT2D eigenvalue weighted by molar-refractivity contribution is 7.80. The molecule has 5 heteroatoms. The molecule has 2 heterocycles. The second-order valence-electron chi connectivity index (χ2n) is 5.90. The molecule has 0 bridgehead atoms. The van der Waals surface area contributed by atoms with Gasteiger partial charge in [0.05, 0.1) is 17.0 Å². The molecule has 0 saturated carbocycles. The molecule has 2 aromatic rings. The summed E-state index contributed by atoms with van der Waals surface area (Å²) in [7, 11) is 0. The standard InChI is InChI=1S/C18H22N4S/c23-18-10-9-17(20-21-18)16-7-5-15(6-8-16)4-2-1-3-12-22-13-11-19-14-22/h5-8,11,13-14H,1-4,9-10,12H2,(H,21,23). The first-order chi connectivity index (χ1) is 11.3. The minimum atomic E-state index is 0.834. The average molecular weight is 326 g/mol. The summed E-state index contributed by atoms with van der Waals surface area (Å²) < 4.78 is 2.14. The fourth-order valence-corrected chi connectivity index (χ4v) is 2.91. The molecule has 23 heavy (non-hydrogen) atoms. The maximum atomic E-state index is 5.10. The quantitative estimate of drug-likeness (QED) is 0.623. The summed E-state index contributed by atoms with van der Waals surface area (Å²) in [6, 6.07) is 8.80. The van der Waals surface area contributed by atoms with Crippen LogP contribution in [0.4, 0.5) is 0 Å². The Hall–Kier alpha value is -2.01. The summed E-state index contributed by atoms with van der Waals surface area (Å²) in [5.41, 5.74) is 6.62. The second-order valence-corrected chi connectivity index (χ2v) is 6.39. The van der Waals surface area contributed by atoms with Crippen molar-refractivity contribution in [1.29, 1.82) is 0 Å². The first kappa shape index (κ1) is 15.9. The monoisotopic (exact) mass is 326 g/mol. The fourth-order valence-electron chi connectivity index (χ4n) is 2.77. The normalized spacial score (nSPS) is 14.4. The Morgan fingerprint density at radius 1 is 1.09 bits per heavy atom. The van der Waals surface area contributed by atoms with Crippen LogP contribution in [0.5, 0.6) is 0 Å². The van der Waals surface area contributed by atoms with Crippen LogP contribution in [0.3, 0.4) is 0 Å². The van der Waals surface area contributed by atoms with E-state index in [1.54, 1.807) is 0 Å². The number of imidazole rings is 1. The predicted octanol–water partition coefficient (Wildman–Crippen LogP) is 3.71. The molecule has 4 nitrogen and oxygen atoms in total. The minimum absolute atomic E-state index is 0.834. The number of thiocarbonyl (C=S) groups is 1. The number of benzene rings is 1. The van der Waals surface area contributed by atoms with Gasteiger partial charge < -0.3 is 4.57 Å². The third-order valence-corrected chi connectivity index (χ3v) is 4.43. The topological polar surface area (TPSA) is 42.2 Å². The van der Waals surface area contributed by atoms with Gasteiger partial charge in [0.2, 0.25) is 0 Å². The van der Waals surface area contributed by atoms with Crippen LogP contribution in [-0.4, -0.2) is 20.3 Å². The molecule has 1 aliphatic heterocycles. The lowest BCUT2D eigenvalue weighted by molar-refractivity contribution is 0.587. The van der Waals surface area contributed by atoms with Gasteiger partial charge in [0.1, 0.15) is 0 Å². The Kier molecular flexibility index (Phi) is 5.53. The summed E-state index contributed by atoms with van der Waals surface area (Å²) in [4.78, 5) is 4.90. The van der Waals surface area contributed by atoms with Crippen LogP contribution in [0.1, 0.15) is 43.2 Å². The van der Waals surface area contributed by atoms with Crippen LogP contribution in [0.15, 0.2) is 48.1 Å². The van der Waals surface area contributed by atoms with Crippen LogP contribution in [0.25, 0.3) is 0 Å². The van der Waals surface area contributed by atoms with Crippen molar-refractivity contribution in [2.45, 2.75) is 45.1 Å². The lowest BCUT2D eigenvalue weighted by Gasteiger charge is -2.14. The van der Waals surface area contributed by atoms with E-state index in [1.807, 2.05) is 18.7 Å². The molecule has 1 aromatic carbocycles. The van der Waals surface area contributed by atoms with Crippen LogP contribution < -0.4 is 5.43 Å². The average Bonchev–Trinajstić information content (AvgIpc) is 3.09. The third-order valence-electron chi connectivity index (χ3n) is 4.13. The number of rotatable bonds is 7. The van der Waals surface area contributed by atoms with Crippen molar-refractivity contribution in [2.75, 3.05) is 0 Å². The third kappa shape index (κ3) is 4.73. The van der Waals surface area contributed by atoms with Gasteiger partial charge in [-0.15, -0.1) is 0 Å². The highest BCUT2D eigenvalue weighted by Crippen LogP contribution is 2.14. The van der Waals surface area contributed by atoms with Crippen molar-refractivity contribution in [3.05, 3.63) is 54.1 Å². The summed E-state index contributed by atoms with van der Waals surface area (Å²) >= 11 is 5.10. The molecule has 0 amide bonds. The van der Waals surface area contributed by atoms with Crippen LogP contribution in [-0.2, 0) is 13.0 Å². The van der Waals surface area contributed by atoms with Gasteiger partial charge in [-0.1, -0.05) is 42.9 Å². The van der Waals surface area contributed by atoms with Gasteiger partial charge in [-0.3, -0.25) is 5.43 Å². The molecule has 0 unspecified atom stereocenters. The van der Waals surface area contributed by atoms with Crippen molar-refractivity contribution in [2.24, 2.45) is 5.10 Å². The number of aryl methyl sites for hydroxylation is 2. The van der Waals surface area contributed by atoms with Crippen LogP contribution in [0.2, 0.25) is 0 Å². The van der Waals surface area contributed by atoms with E-state index in [1.165, 1.54) is 30.4 Å². The number of hydrogen-bond donors (Lipinski definition) is 1. The summed E-state index contributed by atoms with van der Waals surface area (Å²) in [6.45, 7) is 1.06. The van der Waals surface area contributed by atoms with Gasteiger partial charge in [-0.2, -0.15) is 5.10 Å². The van der Waals surface area contributed by atoms with E-state index >= 15 is 0 Å². The largest absolute Gasteiger partial charge is 0.337 e. The smallest absolute Gasteiger partial charge is 0.0965 e. The van der Waals surface area contributed by atoms with Crippen molar-refractivity contribution >= 4 is 22.9 Å². The molecule has 0 spiro atoms. The Labute approximate surface area is 142 Å². The zero-order valence-corrected chi connectivity index (χ0v) is 14.1. The molecule has 0 aliphatic carbocycles. The fraction of sp³-hybridized carbons (Fsp3) is 0.389. The van der Waals surface area contributed by atoms with Crippen molar-refractivity contribution in [1.82, 2.24) is 15.0 Å². The molecule has 3 rings (SSSR count). The van der Waals surface area contributed by atoms with Crippen molar-refractivity contribution in [3.8, 4) is 0 Å². The van der Waals surface area contributed by atoms with E-state index in [2.05, 4.69) is 44.3 Å². The predicted molar refractivity (Wildman–Crippen MR) is 97.7 cm³/mol. The van der Waals surface area contributed by atoms with E-state index in [-0.39, 0.29) is 0 Å². The van der Waals surface area contributed by atoms with E-state index in [4.69, 9.17) is 12.2 Å². The van der Waals surface area contributed by atoms with E-state index < -0.39 is 0 Å². The number of aromatic nitrogens is 2. The van der Waals surface area contributed by atoms with Gasteiger partial charge in [0.15, 0.2) is 0 Å². The van der Waals surface area contributed by atoms with E-state index in [9.17, 15) is 0 Å². The maximum Gasteiger partial charge on any atom is 0.0965 e. The zero-order valence-electron chi connectivity index (χ0n) is 13.2. The van der Waals surface area contributed by atoms with Crippen LogP contribution in [0, 0.1) is 0 Å². The van der Waals surface area contributed by atoms with E-state index in [0.717, 1.165) is 36.5 Å². The molecule has 1 aromatic heterocycles. The first-order valence-corrected chi connectivity index (χ1v) is 8.62. The lowest BCUT2D eigenvalue weighted by atomic mass is 10.0. The first-order valence-electron chi connectivity index (χ1n) is 8.22. The van der Waals surface area contributed by atoms with Gasteiger partial charge in [0, 0.05) is 25.4 Å².